The topological polar surface area (TPSA) is 86.8 Å². The van der Waals surface area contributed by atoms with E-state index in [2.05, 4.69) is 21.2 Å². The van der Waals surface area contributed by atoms with Gasteiger partial charge in [0, 0.05) is 17.6 Å². The van der Waals surface area contributed by atoms with Crippen LogP contribution in [0.3, 0.4) is 0 Å². The SMILES string of the molecule is CCCCNC(=O)[C@@H](CC)N(Cc1ccc(Cl)c(Cl)c1)C(=O)CN(c1ccc(Br)cc1)S(C)(=O)=O. The zero-order valence-corrected chi connectivity index (χ0v) is 23.8. The standard InChI is InChI=1S/C24H30BrCl2N3O4S/c1-4-6-13-28-24(32)22(5-2)29(15-17-7-12-20(26)21(27)14-17)23(31)16-30(35(3,33)34)19-10-8-18(25)9-11-19/h7-12,14,22H,4-6,13,15-16H2,1-3H3,(H,28,32)/t22-/m1/s1. The summed E-state index contributed by atoms with van der Waals surface area (Å²) in [4.78, 5) is 28.0. The molecule has 0 aliphatic heterocycles. The number of benzene rings is 2. The second-order valence-electron chi connectivity index (χ2n) is 8.08. The van der Waals surface area contributed by atoms with Crippen molar-refractivity contribution in [2.45, 2.75) is 45.7 Å². The number of unbranched alkanes of at least 4 members (excludes halogenated alkanes) is 1. The quantitative estimate of drug-likeness (QED) is 0.335. The molecule has 0 saturated heterocycles. The summed E-state index contributed by atoms with van der Waals surface area (Å²) in [6.07, 6.45) is 3.12. The highest BCUT2D eigenvalue weighted by atomic mass is 79.9. The Labute approximate surface area is 225 Å². The van der Waals surface area contributed by atoms with Gasteiger partial charge in [-0.2, -0.15) is 0 Å². The molecule has 7 nitrogen and oxygen atoms in total. The van der Waals surface area contributed by atoms with Crippen molar-refractivity contribution < 1.29 is 18.0 Å². The number of halogens is 3. The van der Waals surface area contributed by atoms with Crippen molar-refractivity contribution in [3.05, 3.63) is 62.5 Å². The van der Waals surface area contributed by atoms with Gasteiger partial charge in [-0.1, -0.05) is 65.5 Å². The normalized spacial score (nSPS) is 12.2. The first-order chi connectivity index (χ1) is 16.5. The van der Waals surface area contributed by atoms with Gasteiger partial charge in [0.2, 0.25) is 21.8 Å². The van der Waals surface area contributed by atoms with Gasteiger partial charge in [-0.25, -0.2) is 8.42 Å². The monoisotopic (exact) mass is 605 g/mol. The third-order valence-corrected chi connectivity index (χ3v) is 7.75. The lowest BCUT2D eigenvalue weighted by atomic mass is 10.1. The fraction of sp³-hybridized carbons (Fsp3) is 0.417. The predicted molar refractivity (Wildman–Crippen MR) is 145 cm³/mol. The molecule has 1 atom stereocenters. The van der Waals surface area contributed by atoms with E-state index in [9.17, 15) is 18.0 Å². The molecular formula is C24H30BrCl2N3O4S. The Hall–Kier alpha value is -1.81. The molecular weight excluding hydrogens is 577 g/mol. The Balaban J connectivity index is 2.41. The molecule has 192 valence electrons. The van der Waals surface area contributed by atoms with Gasteiger partial charge in [-0.3, -0.25) is 13.9 Å². The number of carbonyl (C=O) groups excluding carboxylic acids is 2. The van der Waals surface area contributed by atoms with Crippen LogP contribution in [0.15, 0.2) is 46.9 Å². The van der Waals surface area contributed by atoms with Crippen molar-refractivity contribution in [2.24, 2.45) is 0 Å². The predicted octanol–water partition coefficient (Wildman–Crippen LogP) is 5.25. The maximum absolute atomic E-state index is 13.6. The minimum absolute atomic E-state index is 0.0629. The van der Waals surface area contributed by atoms with E-state index >= 15 is 0 Å². The molecule has 2 aromatic carbocycles. The van der Waals surface area contributed by atoms with Crippen LogP contribution in [0.25, 0.3) is 0 Å². The number of carbonyl (C=O) groups is 2. The maximum atomic E-state index is 13.6. The second kappa shape index (κ2) is 13.5. The Morgan fingerprint density at radius 2 is 1.71 bits per heavy atom. The largest absolute Gasteiger partial charge is 0.354 e. The van der Waals surface area contributed by atoms with Crippen molar-refractivity contribution in [1.29, 1.82) is 0 Å². The average Bonchev–Trinajstić information content (AvgIpc) is 2.79. The molecule has 1 N–H and O–H groups in total. The molecule has 0 heterocycles. The summed E-state index contributed by atoms with van der Waals surface area (Å²) >= 11 is 15.5. The third-order valence-electron chi connectivity index (χ3n) is 5.35. The minimum Gasteiger partial charge on any atom is -0.354 e. The first-order valence-electron chi connectivity index (χ1n) is 11.2. The van der Waals surface area contributed by atoms with E-state index in [0.29, 0.717) is 34.3 Å². The number of rotatable bonds is 12. The first-order valence-corrected chi connectivity index (χ1v) is 14.6. The van der Waals surface area contributed by atoms with Crippen LogP contribution >= 0.6 is 39.1 Å². The van der Waals surface area contributed by atoms with Crippen molar-refractivity contribution in [2.75, 3.05) is 23.7 Å². The van der Waals surface area contributed by atoms with E-state index < -0.39 is 28.5 Å². The van der Waals surface area contributed by atoms with Gasteiger partial charge in [0.05, 0.1) is 22.0 Å². The van der Waals surface area contributed by atoms with Crippen LogP contribution in [0.1, 0.15) is 38.7 Å². The molecule has 2 amide bonds. The van der Waals surface area contributed by atoms with Crippen LogP contribution < -0.4 is 9.62 Å². The summed E-state index contributed by atoms with van der Waals surface area (Å²) in [7, 11) is -3.78. The second-order valence-corrected chi connectivity index (χ2v) is 11.7. The van der Waals surface area contributed by atoms with Crippen molar-refractivity contribution in [3.63, 3.8) is 0 Å². The fourth-order valence-corrected chi connectivity index (χ4v) is 4.92. The van der Waals surface area contributed by atoms with Crippen LogP contribution in [0.2, 0.25) is 10.0 Å². The Kier molecular flexibility index (Phi) is 11.3. The molecule has 35 heavy (non-hydrogen) atoms. The zero-order chi connectivity index (χ0) is 26.2. The van der Waals surface area contributed by atoms with Crippen LogP contribution in [0, 0.1) is 0 Å². The Bertz CT molecular complexity index is 1130. The lowest BCUT2D eigenvalue weighted by Crippen LogP contribution is -2.52. The molecule has 2 aromatic rings. The maximum Gasteiger partial charge on any atom is 0.244 e. The molecule has 2 rings (SSSR count). The molecule has 0 spiro atoms. The van der Waals surface area contributed by atoms with Gasteiger partial charge >= 0.3 is 0 Å². The number of nitrogens with zero attached hydrogens (tertiary/aromatic N) is 2. The van der Waals surface area contributed by atoms with Gasteiger partial charge < -0.3 is 10.2 Å². The summed E-state index contributed by atoms with van der Waals surface area (Å²) in [5, 5.41) is 3.58. The van der Waals surface area contributed by atoms with E-state index in [0.717, 1.165) is 27.9 Å². The summed E-state index contributed by atoms with van der Waals surface area (Å²) in [5.74, 6) is -0.800. The van der Waals surface area contributed by atoms with Crippen LogP contribution in [0.5, 0.6) is 0 Å². The van der Waals surface area contributed by atoms with Crippen LogP contribution in [0.4, 0.5) is 5.69 Å². The smallest absolute Gasteiger partial charge is 0.244 e. The highest BCUT2D eigenvalue weighted by molar-refractivity contribution is 9.10. The van der Waals surface area contributed by atoms with E-state index in [4.69, 9.17) is 23.2 Å². The fourth-order valence-electron chi connectivity index (χ4n) is 3.48. The van der Waals surface area contributed by atoms with Gasteiger partial charge in [0.25, 0.3) is 0 Å². The number of hydrogen-bond donors (Lipinski definition) is 1. The minimum atomic E-state index is -3.78. The highest BCUT2D eigenvalue weighted by Crippen LogP contribution is 2.25. The average molecular weight is 607 g/mol. The first kappa shape index (κ1) is 29.4. The van der Waals surface area contributed by atoms with E-state index in [1.165, 1.54) is 4.90 Å². The molecule has 0 aromatic heterocycles. The van der Waals surface area contributed by atoms with Gasteiger partial charge in [0.1, 0.15) is 12.6 Å². The zero-order valence-electron chi connectivity index (χ0n) is 19.9. The molecule has 0 saturated carbocycles. The number of hydrogen-bond acceptors (Lipinski definition) is 4. The van der Waals surface area contributed by atoms with Gasteiger partial charge in [-0.15, -0.1) is 0 Å². The number of sulfonamides is 1. The van der Waals surface area contributed by atoms with Crippen molar-refractivity contribution in [3.8, 4) is 0 Å². The summed E-state index contributed by atoms with van der Waals surface area (Å²) in [6, 6.07) is 10.8. The Morgan fingerprint density at radius 1 is 1.06 bits per heavy atom. The summed E-state index contributed by atoms with van der Waals surface area (Å²) in [5.41, 5.74) is 1.01. The van der Waals surface area contributed by atoms with Crippen molar-refractivity contribution >= 4 is 66.7 Å². The summed E-state index contributed by atoms with van der Waals surface area (Å²) < 4.78 is 27.0. The molecule has 0 aliphatic rings. The number of nitrogens with one attached hydrogen (secondary N) is 1. The molecule has 0 aliphatic carbocycles. The molecule has 0 unspecified atom stereocenters. The van der Waals surface area contributed by atoms with Crippen LogP contribution in [-0.2, 0) is 26.2 Å². The summed E-state index contributed by atoms with van der Waals surface area (Å²) in [6.45, 7) is 3.93. The molecule has 0 radical (unpaired) electrons. The van der Waals surface area contributed by atoms with E-state index in [1.807, 2.05) is 13.8 Å². The molecule has 11 heteroatoms. The number of amides is 2. The van der Waals surface area contributed by atoms with Gasteiger partial charge in [-0.05, 0) is 54.8 Å². The highest BCUT2D eigenvalue weighted by Gasteiger charge is 2.31. The van der Waals surface area contributed by atoms with Gasteiger partial charge in [0.15, 0.2) is 0 Å². The molecule has 0 bridgehead atoms. The lowest BCUT2D eigenvalue weighted by molar-refractivity contribution is -0.140. The van der Waals surface area contributed by atoms with E-state index in [1.54, 1.807) is 42.5 Å². The third kappa shape index (κ3) is 8.66. The Morgan fingerprint density at radius 3 is 2.26 bits per heavy atom. The van der Waals surface area contributed by atoms with E-state index in [-0.39, 0.29) is 12.5 Å². The lowest BCUT2D eigenvalue weighted by Gasteiger charge is -2.33. The van der Waals surface area contributed by atoms with Crippen molar-refractivity contribution in [1.82, 2.24) is 10.2 Å². The number of anilines is 1. The molecule has 0 fully saturated rings. The van der Waals surface area contributed by atoms with Crippen LogP contribution in [-0.4, -0.2) is 50.5 Å².